The Hall–Kier alpha value is -0.970. The van der Waals surface area contributed by atoms with Crippen LogP contribution in [0.4, 0.5) is 4.79 Å². The molecule has 1 fully saturated rings. The maximum absolute atomic E-state index is 12.6. The van der Waals surface area contributed by atoms with Gasteiger partial charge in [0.25, 0.3) is 6.48 Å². The Morgan fingerprint density at radius 3 is 2.43 bits per heavy atom. The highest BCUT2D eigenvalue weighted by Gasteiger charge is 2.36. The van der Waals surface area contributed by atoms with Crippen molar-refractivity contribution in [1.82, 2.24) is 10.6 Å². The number of hydrogen-bond acceptors (Lipinski definition) is 8. The predicted octanol–water partition coefficient (Wildman–Crippen LogP) is 2.07. The Bertz CT molecular complexity index is 468. The molecule has 1 amide bonds. The van der Waals surface area contributed by atoms with Gasteiger partial charge in [0.1, 0.15) is 11.7 Å². The second kappa shape index (κ2) is 14.2. The Labute approximate surface area is 181 Å². The van der Waals surface area contributed by atoms with Gasteiger partial charge in [-0.2, -0.15) is 0 Å². The number of nitrogens with one attached hydrogen (secondary N) is 2. The first kappa shape index (κ1) is 27.1. The van der Waals surface area contributed by atoms with Crippen molar-refractivity contribution in [1.29, 1.82) is 0 Å². The molecule has 0 aromatic carbocycles. The van der Waals surface area contributed by atoms with Gasteiger partial charge in [0.05, 0.1) is 12.1 Å². The van der Waals surface area contributed by atoms with Crippen molar-refractivity contribution in [2.75, 3.05) is 26.9 Å². The third-order valence-corrected chi connectivity index (χ3v) is 5.05. The van der Waals surface area contributed by atoms with Gasteiger partial charge in [0.15, 0.2) is 0 Å². The summed E-state index contributed by atoms with van der Waals surface area (Å²) in [5.74, 6) is 0.438. The maximum atomic E-state index is 12.6. The molecule has 0 saturated heterocycles. The highest BCUT2D eigenvalue weighted by molar-refractivity contribution is 5.68. The fourth-order valence-electron chi connectivity index (χ4n) is 3.74. The smallest absolute Gasteiger partial charge is 0.407 e. The molecular weight excluding hydrogens is 390 g/mol. The van der Waals surface area contributed by atoms with E-state index in [2.05, 4.69) is 10.6 Å². The number of aliphatic hydroxyl groups excluding tert-OH is 1. The maximum Gasteiger partial charge on any atom is 0.407 e. The first-order chi connectivity index (χ1) is 14.2. The standard InChI is InChI=1S/C21H43N3O6/c1-6-28-20(27-5)29-18(17(25)13-23-14-22)16(12-15-10-8-7-9-11-15)24-19(26)30-21(2,3)4/h15-18,20,23,25H,6-14,22H2,1-5H3,(H,24,26)/t16-,17-,18+,20?/m0/s1. The summed E-state index contributed by atoms with van der Waals surface area (Å²) in [7, 11) is 1.47. The molecule has 1 aliphatic carbocycles. The lowest BCUT2D eigenvalue weighted by molar-refractivity contribution is -0.306. The van der Waals surface area contributed by atoms with Crippen LogP contribution in [0.5, 0.6) is 0 Å². The van der Waals surface area contributed by atoms with Crippen molar-refractivity contribution in [2.45, 2.75) is 96.5 Å². The van der Waals surface area contributed by atoms with Gasteiger partial charge < -0.3 is 40.4 Å². The number of ether oxygens (including phenoxy) is 4. The summed E-state index contributed by atoms with van der Waals surface area (Å²) in [4.78, 5) is 12.6. The van der Waals surface area contributed by atoms with Gasteiger partial charge >= 0.3 is 6.09 Å². The highest BCUT2D eigenvalue weighted by atomic mass is 16.8. The third kappa shape index (κ3) is 10.9. The SMILES string of the molecule is CCOC(OC)O[C@H]([C@H](CC1CCCCC1)NC(=O)OC(C)(C)C)[C@@H](O)CNCN. The van der Waals surface area contributed by atoms with E-state index < -0.39 is 36.4 Å². The molecule has 9 heteroatoms. The van der Waals surface area contributed by atoms with Crippen molar-refractivity contribution in [3.05, 3.63) is 0 Å². The van der Waals surface area contributed by atoms with E-state index in [-0.39, 0.29) is 13.2 Å². The van der Waals surface area contributed by atoms with Crippen LogP contribution in [0.2, 0.25) is 0 Å². The van der Waals surface area contributed by atoms with Gasteiger partial charge in [-0.1, -0.05) is 32.1 Å². The van der Waals surface area contributed by atoms with Crippen LogP contribution in [0.1, 0.15) is 66.2 Å². The van der Waals surface area contributed by atoms with Gasteiger partial charge in [0.2, 0.25) is 0 Å². The number of amides is 1. The van der Waals surface area contributed by atoms with Crippen molar-refractivity contribution < 1.29 is 28.8 Å². The molecule has 0 heterocycles. The summed E-state index contributed by atoms with van der Waals surface area (Å²) in [6.45, 7) is 7.12. The topological polar surface area (TPSA) is 124 Å². The molecule has 1 aliphatic rings. The quantitative estimate of drug-likeness (QED) is 0.325. The number of carbonyl (C=O) groups is 1. The van der Waals surface area contributed by atoms with E-state index in [1.54, 1.807) is 0 Å². The zero-order valence-corrected chi connectivity index (χ0v) is 19.3. The molecule has 1 rings (SSSR count). The number of carbonyl (C=O) groups excluding carboxylic acids is 1. The van der Waals surface area contributed by atoms with Crippen molar-refractivity contribution in [3.8, 4) is 0 Å². The molecule has 0 aromatic heterocycles. The molecule has 0 aliphatic heterocycles. The van der Waals surface area contributed by atoms with E-state index in [1.807, 2.05) is 27.7 Å². The largest absolute Gasteiger partial charge is 0.444 e. The molecular formula is C21H43N3O6. The molecule has 30 heavy (non-hydrogen) atoms. The van der Waals surface area contributed by atoms with Gasteiger partial charge in [-0.15, -0.1) is 0 Å². The Morgan fingerprint density at radius 1 is 1.23 bits per heavy atom. The summed E-state index contributed by atoms with van der Waals surface area (Å²) >= 11 is 0. The van der Waals surface area contributed by atoms with E-state index in [0.717, 1.165) is 12.8 Å². The first-order valence-corrected chi connectivity index (χ1v) is 11.1. The third-order valence-electron chi connectivity index (χ3n) is 5.05. The minimum Gasteiger partial charge on any atom is -0.444 e. The van der Waals surface area contributed by atoms with Gasteiger partial charge in [0, 0.05) is 26.9 Å². The number of aliphatic hydroxyl groups is 1. The molecule has 1 unspecified atom stereocenters. The Kier molecular flexibility index (Phi) is 12.8. The normalized spacial score (nSPS) is 19.7. The zero-order chi connectivity index (χ0) is 22.6. The van der Waals surface area contributed by atoms with Crippen LogP contribution in [-0.2, 0) is 18.9 Å². The summed E-state index contributed by atoms with van der Waals surface area (Å²) in [5.41, 5.74) is 4.90. The van der Waals surface area contributed by atoms with Gasteiger partial charge in [-0.05, 0) is 40.0 Å². The fraction of sp³-hybridized carbons (Fsp3) is 0.952. The second-order valence-corrected chi connectivity index (χ2v) is 8.80. The molecule has 9 nitrogen and oxygen atoms in total. The van der Waals surface area contributed by atoms with E-state index in [9.17, 15) is 9.90 Å². The van der Waals surface area contributed by atoms with Crippen LogP contribution in [0.15, 0.2) is 0 Å². The minimum absolute atomic E-state index is 0.209. The van der Waals surface area contributed by atoms with E-state index in [0.29, 0.717) is 18.9 Å². The number of rotatable bonds is 13. The van der Waals surface area contributed by atoms with Crippen LogP contribution in [0.3, 0.4) is 0 Å². The van der Waals surface area contributed by atoms with Crippen LogP contribution < -0.4 is 16.4 Å². The zero-order valence-electron chi connectivity index (χ0n) is 19.3. The molecule has 5 N–H and O–H groups in total. The van der Waals surface area contributed by atoms with Crippen LogP contribution in [0, 0.1) is 5.92 Å². The molecule has 178 valence electrons. The monoisotopic (exact) mass is 433 g/mol. The Morgan fingerprint density at radius 2 is 1.90 bits per heavy atom. The number of alkyl carbamates (subject to hydrolysis) is 1. The Balaban J connectivity index is 3.03. The lowest BCUT2D eigenvalue weighted by atomic mass is 9.83. The molecule has 4 atom stereocenters. The lowest BCUT2D eigenvalue weighted by Gasteiger charge is -2.36. The van der Waals surface area contributed by atoms with Crippen LogP contribution in [0.25, 0.3) is 0 Å². The molecule has 1 saturated carbocycles. The van der Waals surface area contributed by atoms with E-state index in [4.69, 9.17) is 24.7 Å². The van der Waals surface area contributed by atoms with Crippen molar-refractivity contribution >= 4 is 6.09 Å². The average Bonchev–Trinajstić information content (AvgIpc) is 2.68. The average molecular weight is 434 g/mol. The molecule has 0 radical (unpaired) electrons. The predicted molar refractivity (Wildman–Crippen MR) is 115 cm³/mol. The van der Waals surface area contributed by atoms with Crippen LogP contribution in [-0.4, -0.2) is 68.5 Å². The van der Waals surface area contributed by atoms with Gasteiger partial charge in [-0.3, -0.25) is 0 Å². The second-order valence-electron chi connectivity index (χ2n) is 8.80. The van der Waals surface area contributed by atoms with Crippen molar-refractivity contribution in [3.63, 3.8) is 0 Å². The number of hydrogen-bond donors (Lipinski definition) is 4. The summed E-state index contributed by atoms with van der Waals surface area (Å²) in [6, 6.07) is -0.476. The molecule has 0 spiro atoms. The van der Waals surface area contributed by atoms with Gasteiger partial charge in [-0.25, -0.2) is 4.79 Å². The van der Waals surface area contributed by atoms with Crippen molar-refractivity contribution in [2.24, 2.45) is 11.7 Å². The number of nitrogens with two attached hydrogens (primary N) is 1. The summed E-state index contributed by atoms with van der Waals surface area (Å²) in [6.07, 6.45) is 4.20. The summed E-state index contributed by atoms with van der Waals surface area (Å²) in [5, 5.41) is 16.7. The summed E-state index contributed by atoms with van der Waals surface area (Å²) < 4.78 is 22.2. The fourth-order valence-corrected chi connectivity index (χ4v) is 3.74. The van der Waals surface area contributed by atoms with Crippen LogP contribution >= 0.6 is 0 Å². The minimum atomic E-state index is -0.957. The van der Waals surface area contributed by atoms with E-state index in [1.165, 1.54) is 26.4 Å². The highest BCUT2D eigenvalue weighted by Crippen LogP contribution is 2.29. The lowest BCUT2D eigenvalue weighted by Crippen LogP contribution is -2.55. The molecule has 0 aromatic rings. The first-order valence-electron chi connectivity index (χ1n) is 11.1. The number of methoxy groups -OCH3 is 1. The van der Waals surface area contributed by atoms with E-state index >= 15 is 0 Å². The molecule has 0 bridgehead atoms.